The summed E-state index contributed by atoms with van der Waals surface area (Å²) in [4.78, 5) is 23.1. The van der Waals surface area contributed by atoms with Crippen molar-refractivity contribution < 1.29 is 9.72 Å². The maximum atomic E-state index is 12.6. The maximum Gasteiger partial charge on any atom is 0.278 e. The topological polar surface area (TPSA) is 129 Å². The Bertz CT molecular complexity index is 1190. The zero-order valence-corrected chi connectivity index (χ0v) is 15.8. The Morgan fingerprint density at radius 3 is 2.66 bits per heavy atom. The first-order valence-electron chi connectivity index (χ1n) is 8.39. The van der Waals surface area contributed by atoms with Gasteiger partial charge in [0.15, 0.2) is 5.69 Å². The summed E-state index contributed by atoms with van der Waals surface area (Å²) in [6, 6.07) is 13.1. The van der Waals surface area contributed by atoms with E-state index in [1.165, 1.54) is 28.3 Å². The zero-order chi connectivity index (χ0) is 20.4. The van der Waals surface area contributed by atoms with Crippen molar-refractivity contribution in [3.8, 4) is 16.9 Å². The van der Waals surface area contributed by atoms with Crippen LogP contribution in [0.15, 0.2) is 53.9 Å². The average Bonchev–Trinajstić information content (AvgIpc) is 3.38. The van der Waals surface area contributed by atoms with Gasteiger partial charge in [0.05, 0.1) is 16.3 Å². The van der Waals surface area contributed by atoms with E-state index in [4.69, 9.17) is 0 Å². The predicted molar refractivity (Wildman–Crippen MR) is 106 cm³/mol. The normalized spacial score (nSPS) is 10.7. The molecule has 0 saturated carbocycles. The molecule has 0 aliphatic carbocycles. The standard InChI is InChI=1S/C18H13N7O3S/c1-11-17(21-22-24(11)14-3-2-4-15(9-14)25(27)28)18(26)19-13-7-5-12(6-8-13)16-10-29-23-20-16/h2-10H,1H3,(H,19,26). The third-order valence-electron chi connectivity index (χ3n) is 4.19. The highest BCUT2D eigenvalue weighted by molar-refractivity contribution is 7.03. The van der Waals surface area contributed by atoms with E-state index in [1.807, 2.05) is 17.5 Å². The number of nitro benzene ring substituents is 1. The highest BCUT2D eigenvalue weighted by Gasteiger charge is 2.18. The van der Waals surface area contributed by atoms with Crippen LogP contribution in [0.25, 0.3) is 16.9 Å². The molecule has 0 saturated heterocycles. The molecule has 2 aromatic carbocycles. The van der Waals surface area contributed by atoms with Gasteiger partial charge in [-0.05, 0) is 36.7 Å². The lowest BCUT2D eigenvalue weighted by Gasteiger charge is -2.06. The number of carbonyl (C=O) groups is 1. The molecule has 0 aliphatic heterocycles. The maximum absolute atomic E-state index is 12.6. The number of anilines is 1. The lowest BCUT2D eigenvalue weighted by Crippen LogP contribution is -2.14. The Morgan fingerprint density at radius 1 is 1.17 bits per heavy atom. The van der Waals surface area contributed by atoms with E-state index in [0.717, 1.165) is 11.3 Å². The number of benzene rings is 2. The van der Waals surface area contributed by atoms with Crippen LogP contribution >= 0.6 is 11.5 Å². The van der Waals surface area contributed by atoms with E-state index in [-0.39, 0.29) is 11.4 Å². The third kappa shape index (κ3) is 3.71. The van der Waals surface area contributed by atoms with Crippen LogP contribution in [-0.4, -0.2) is 35.4 Å². The molecule has 0 atom stereocenters. The molecule has 0 fully saturated rings. The minimum absolute atomic E-state index is 0.0706. The van der Waals surface area contributed by atoms with Crippen LogP contribution in [0.4, 0.5) is 11.4 Å². The molecular formula is C18H13N7O3S. The molecule has 144 valence electrons. The summed E-state index contributed by atoms with van der Waals surface area (Å²) in [6.45, 7) is 1.67. The van der Waals surface area contributed by atoms with Crippen molar-refractivity contribution in [3.05, 3.63) is 75.4 Å². The first-order chi connectivity index (χ1) is 14.0. The first kappa shape index (κ1) is 18.4. The van der Waals surface area contributed by atoms with E-state index >= 15 is 0 Å². The quantitative estimate of drug-likeness (QED) is 0.397. The van der Waals surface area contributed by atoms with Crippen molar-refractivity contribution in [2.75, 3.05) is 5.32 Å². The van der Waals surface area contributed by atoms with Crippen LogP contribution in [0, 0.1) is 17.0 Å². The highest BCUT2D eigenvalue weighted by atomic mass is 32.1. The number of amides is 1. The molecule has 0 radical (unpaired) electrons. The second kappa shape index (κ2) is 7.56. The molecule has 0 aliphatic rings. The van der Waals surface area contributed by atoms with Gasteiger partial charge >= 0.3 is 0 Å². The summed E-state index contributed by atoms with van der Waals surface area (Å²) in [5, 5.41) is 27.5. The molecule has 11 heteroatoms. The van der Waals surface area contributed by atoms with Crippen molar-refractivity contribution in [2.45, 2.75) is 6.92 Å². The number of aromatic nitrogens is 5. The molecule has 4 aromatic rings. The molecule has 0 spiro atoms. The largest absolute Gasteiger partial charge is 0.321 e. The fourth-order valence-corrected chi connectivity index (χ4v) is 3.19. The van der Waals surface area contributed by atoms with Crippen LogP contribution in [0.2, 0.25) is 0 Å². The van der Waals surface area contributed by atoms with Gasteiger partial charge in [0, 0.05) is 28.8 Å². The Hall–Kier alpha value is -3.99. The number of hydrogen-bond donors (Lipinski definition) is 1. The van der Waals surface area contributed by atoms with Crippen molar-refractivity contribution in [3.63, 3.8) is 0 Å². The van der Waals surface area contributed by atoms with Gasteiger partial charge in [-0.25, -0.2) is 4.68 Å². The first-order valence-corrected chi connectivity index (χ1v) is 9.22. The second-order valence-electron chi connectivity index (χ2n) is 6.03. The Labute approximate surface area is 168 Å². The van der Waals surface area contributed by atoms with Gasteiger partial charge in [-0.1, -0.05) is 27.9 Å². The Morgan fingerprint density at radius 2 is 1.97 bits per heavy atom. The monoisotopic (exact) mass is 407 g/mol. The van der Waals surface area contributed by atoms with Gasteiger partial charge in [-0.2, -0.15) is 0 Å². The number of nitrogens with one attached hydrogen (secondary N) is 1. The van der Waals surface area contributed by atoms with E-state index in [9.17, 15) is 14.9 Å². The molecule has 2 aromatic heterocycles. The smallest absolute Gasteiger partial charge is 0.278 e. The van der Waals surface area contributed by atoms with Gasteiger partial charge < -0.3 is 5.32 Å². The Balaban J connectivity index is 1.54. The average molecular weight is 407 g/mol. The van der Waals surface area contributed by atoms with Crippen molar-refractivity contribution in [1.29, 1.82) is 0 Å². The van der Waals surface area contributed by atoms with Crippen LogP contribution in [0.3, 0.4) is 0 Å². The molecule has 0 bridgehead atoms. The van der Waals surface area contributed by atoms with Crippen LogP contribution in [0.5, 0.6) is 0 Å². The van der Waals surface area contributed by atoms with Gasteiger partial charge in [-0.15, -0.1) is 10.2 Å². The molecule has 10 nitrogen and oxygen atoms in total. The van der Waals surface area contributed by atoms with Gasteiger partial charge in [0.1, 0.15) is 5.69 Å². The second-order valence-corrected chi connectivity index (χ2v) is 6.64. The van der Waals surface area contributed by atoms with E-state index in [2.05, 4.69) is 25.2 Å². The highest BCUT2D eigenvalue weighted by Crippen LogP contribution is 2.21. The van der Waals surface area contributed by atoms with Crippen molar-refractivity contribution >= 4 is 28.8 Å². The number of carbonyl (C=O) groups excluding carboxylic acids is 1. The van der Waals surface area contributed by atoms with E-state index < -0.39 is 10.8 Å². The fourth-order valence-electron chi connectivity index (χ4n) is 2.73. The molecule has 1 amide bonds. The van der Waals surface area contributed by atoms with Gasteiger partial charge in [0.25, 0.3) is 11.6 Å². The molecule has 1 N–H and O–H groups in total. The number of nitro groups is 1. The van der Waals surface area contributed by atoms with Crippen LogP contribution in [0.1, 0.15) is 16.2 Å². The summed E-state index contributed by atoms with van der Waals surface area (Å²) >= 11 is 1.27. The van der Waals surface area contributed by atoms with Crippen molar-refractivity contribution in [2.24, 2.45) is 0 Å². The SMILES string of the molecule is Cc1c(C(=O)Nc2ccc(-c3csnn3)cc2)nnn1-c1cccc([N+](=O)[O-])c1. The van der Waals surface area contributed by atoms with E-state index in [0.29, 0.717) is 17.1 Å². The molecule has 0 unspecified atom stereocenters. The molecule has 2 heterocycles. The van der Waals surface area contributed by atoms with Gasteiger partial charge in [0.2, 0.25) is 0 Å². The van der Waals surface area contributed by atoms with Gasteiger partial charge in [-0.3, -0.25) is 14.9 Å². The lowest BCUT2D eigenvalue weighted by molar-refractivity contribution is -0.384. The molecular weight excluding hydrogens is 394 g/mol. The summed E-state index contributed by atoms with van der Waals surface area (Å²) in [5.74, 6) is -0.428. The summed E-state index contributed by atoms with van der Waals surface area (Å²) < 4.78 is 5.22. The predicted octanol–water partition coefficient (Wildman–Crippen LogP) is 3.25. The van der Waals surface area contributed by atoms with Crippen LogP contribution < -0.4 is 5.32 Å². The number of nitrogens with zero attached hydrogens (tertiary/aromatic N) is 6. The fraction of sp³-hybridized carbons (Fsp3) is 0.0556. The Kier molecular flexibility index (Phi) is 4.79. The summed E-state index contributed by atoms with van der Waals surface area (Å²) in [5.41, 5.74) is 3.22. The van der Waals surface area contributed by atoms with Crippen molar-refractivity contribution in [1.82, 2.24) is 24.6 Å². The van der Waals surface area contributed by atoms with E-state index in [1.54, 1.807) is 31.2 Å². The number of non-ortho nitro benzene ring substituents is 1. The third-order valence-corrected chi connectivity index (χ3v) is 4.70. The number of rotatable bonds is 5. The molecule has 29 heavy (non-hydrogen) atoms. The summed E-state index contributed by atoms with van der Waals surface area (Å²) in [7, 11) is 0. The minimum Gasteiger partial charge on any atom is -0.321 e. The minimum atomic E-state index is -0.491. The van der Waals surface area contributed by atoms with Crippen LogP contribution in [-0.2, 0) is 0 Å². The summed E-state index contributed by atoms with van der Waals surface area (Å²) in [6.07, 6.45) is 0. The molecule has 4 rings (SSSR count). The number of hydrogen-bond acceptors (Lipinski definition) is 8. The lowest BCUT2D eigenvalue weighted by atomic mass is 10.1. The zero-order valence-electron chi connectivity index (χ0n) is 15.0.